The van der Waals surface area contributed by atoms with Crippen LogP contribution in [0.2, 0.25) is 0 Å². The van der Waals surface area contributed by atoms with Gasteiger partial charge in [0.25, 0.3) is 0 Å². The fourth-order valence-electron chi connectivity index (χ4n) is 1.70. The lowest BCUT2D eigenvalue weighted by Crippen LogP contribution is -2.11. The van der Waals surface area contributed by atoms with Gasteiger partial charge in [-0.15, -0.1) is 10.2 Å². The minimum atomic E-state index is -1.04. The highest BCUT2D eigenvalue weighted by atomic mass is 79.9. The zero-order valence-electron chi connectivity index (χ0n) is 11.4. The number of carboxylic acids is 1. The van der Waals surface area contributed by atoms with Crippen molar-refractivity contribution >= 4 is 21.9 Å². The lowest BCUT2D eigenvalue weighted by Gasteiger charge is -2.12. The van der Waals surface area contributed by atoms with Gasteiger partial charge in [-0.1, -0.05) is 0 Å². The molecule has 1 aromatic carbocycles. The first-order valence-corrected chi connectivity index (χ1v) is 6.84. The average Bonchev–Trinajstić information content (AvgIpc) is 2.86. The van der Waals surface area contributed by atoms with Gasteiger partial charge >= 0.3 is 5.97 Å². The van der Waals surface area contributed by atoms with E-state index in [-0.39, 0.29) is 6.54 Å². The second kappa shape index (κ2) is 6.53. The molecular weight excluding hydrogens is 344 g/mol. The molecule has 8 nitrogen and oxygen atoms in total. The van der Waals surface area contributed by atoms with E-state index >= 15 is 0 Å². The summed E-state index contributed by atoms with van der Waals surface area (Å²) in [6.07, 6.45) is 0. The van der Waals surface area contributed by atoms with Gasteiger partial charge in [-0.3, -0.25) is 4.79 Å². The molecule has 0 atom stereocenters. The highest BCUT2D eigenvalue weighted by molar-refractivity contribution is 9.10. The van der Waals surface area contributed by atoms with Crippen molar-refractivity contribution in [1.82, 2.24) is 20.2 Å². The van der Waals surface area contributed by atoms with Gasteiger partial charge in [-0.2, -0.15) is 4.80 Å². The maximum Gasteiger partial charge on any atom is 0.327 e. The molecule has 2 aromatic rings. The van der Waals surface area contributed by atoms with Crippen molar-refractivity contribution < 1.29 is 19.4 Å². The first kappa shape index (κ1) is 15.2. The van der Waals surface area contributed by atoms with Crippen LogP contribution in [-0.2, 0) is 11.3 Å². The number of carbonyl (C=O) groups is 1. The first-order chi connectivity index (χ1) is 10.0. The molecule has 0 aliphatic heterocycles. The smallest absolute Gasteiger partial charge is 0.327 e. The molecule has 1 N–H and O–H groups in total. The summed E-state index contributed by atoms with van der Waals surface area (Å²) in [7, 11) is 1.55. The number of tetrazole rings is 1. The third-order valence-corrected chi connectivity index (χ3v) is 3.09. The topological polar surface area (TPSA) is 99.4 Å². The van der Waals surface area contributed by atoms with E-state index in [1.807, 2.05) is 6.92 Å². The van der Waals surface area contributed by atoms with Gasteiger partial charge in [0.05, 0.1) is 18.2 Å². The average molecular weight is 357 g/mol. The summed E-state index contributed by atoms with van der Waals surface area (Å²) in [4.78, 5) is 11.6. The van der Waals surface area contributed by atoms with Gasteiger partial charge in [0.2, 0.25) is 5.82 Å². The van der Waals surface area contributed by atoms with Crippen LogP contribution in [-0.4, -0.2) is 45.0 Å². The predicted octanol–water partition coefficient (Wildman–Crippen LogP) is 1.59. The van der Waals surface area contributed by atoms with Crippen molar-refractivity contribution in [1.29, 1.82) is 0 Å². The first-order valence-electron chi connectivity index (χ1n) is 6.05. The molecule has 0 saturated carbocycles. The Morgan fingerprint density at radius 1 is 1.48 bits per heavy atom. The number of methoxy groups -OCH3 is 1. The number of aromatic nitrogens is 4. The normalized spacial score (nSPS) is 10.4. The molecule has 0 amide bonds. The van der Waals surface area contributed by atoms with Crippen LogP contribution < -0.4 is 9.47 Å². The molecule has 2 rings (SSSR count). The van der Waals surface area contributed by atoms with Crippen LogP contribution in [0.15, 0.2) is 16.6 Å². The molecule has 0 aliphatic carbocycles. The van der Waals surface area contributed by atoms with Crippen molar-refractivity contribution in [2.24, 2.45) is 0 Å². The second-order valence-electron chi connectivity index (χ2n) is 3.96. The van der Waals surface area contributed by atoms with Crippen LogP contribution in [0.25, 0.3) is 11.4 Å². The standard InChI is InChI=1S/C12H13BrN4O4/c1-3-21-9-5-7(4-8(13)11(9)20-2)12-14-16-17(15-12)6-10(18)19/h4-5H,3,6H2,1-2H3,(H,18,19). The summed E-state index contributed by atoms with van der Waals surface area (Å²) in [5.74, 6) is 0.378. The molecule has 0 radical (unpaired) electrons. The van der Waals surface area contributed by atoms with Crippen molar-refractivity contribution in [3.05, 3.63) is 16.6 Å². The minimum absolute atomic E-state index is 0.306. The van der Waals surface area contributed by atoms with E-state index in [0.29, 0.717) is 34.0 Å². The Balaban J connectivity index is 2.39. The van der Waals surface area contributed by atoms with Gasteiger partial charge in [-0.05, 0) is 40.2 Å². The van der Waals surface area contributed by atoms with Gasteiger partial charge in [0, 0.05) is 5.56 Å². The molecule has 1 aromatic heterocycles. The zero-order chi connectivity index (χ0) is 15.4. The van der Waals surface area contributed by atoms with Crippen LogP contribution in [0.3, 0.4) is 0 Å². The lowest BCUT2D eigenvalue weighted by molar-refractivity contribution is -0.138. The van der Waals surface area contributed by atoms with Gasteiger partial charge in [0.1, 0.15) is 0 Å². The fourth-order valence-corrected chi connectivity index (χ4v) is 2.31. The van der Waals surface area contributed by atoms with Crippen LogP contribution in [0, 0.1) is 0 Å². The Hall–Kier alpha value is -2.16. The third kappa shape index (κ3) is 3.48. The number of carboxylic acid groups (broad SMARTS) is 1. The molecule has 0 saturated heterocycles. The summed E-state index contributed by atoms with van der Waals surface area (Å²) in [6.45, 7) is 2.00. The summed E-state index contributed by atoms with van der Waals surface area (Å²) >= 11 is 3.39. The second-order valence-corrected chi connectivity index (χ2v) is 4.81. The number of rotatable bonds is 6. The van der Waals surface area contributed by atoms with Crippen molar-refractivity contribution in [3.8, 4) is 22.9 Å². The maximum absolute atomic E-state index is 10.6. The number of hydrogen-bond acceptors (Lipinski definition) is 6. The Bertz CT molecular complexity index is 659. The van der Waals surface area contributed by atoms with E-state index in [1.165, 1.54) is 0 Å². The number of hydrogen-bond donors (Lipinski definition) is 1. The molecule has 0 fully saturated rings. The highest BCUT2D eigenvalue weighted by Gasteiger charge is 2.15. The number of ether oxygens (including phenoxy) is 2. The number of halogens is 1. The minimum Gasteiger partial charge on any atom is -0.492 e. The number of nitrogens with zero attached hydrogens (tertiary/aromatic N) is 4. The Morgan fingerprint density at radius 3 is 2.86 bits per heavy atom. The van der Waals surface area contributed by atoms with Crippen LogP contribution in [0.1, 0.15) is 6.92 Å². The van der Waals surface area contributed by atoms with Crippen LogP contribution >= 0.6 is 15.9 Å². The fraction of sp³-hybridized carbons (Fsp3) is 0.333. The molecule has 9 heteroatoms. The summed E-state index contributed by atoms with van der Waals surface area (Å²) in [5.41, 5.74) is 0.641. The Morgan fingerprint density at radius 2 is 2.24 bits per heavy atom. The molecule has 1 heterocycles. The van der Waals surface area contributed by atoms with E-state index in [0.717, 1.165) is 4.80 Å². The molecule has 0 aliphatic rings. The summed E-state index contributed by atoms with van der Waals surface area (Å²) < 4.78 is 11.5. The third-order valence-electron chi connectivity index (χ3n) is 2.50. The quantitative estimate of drug-likeness (QED) is 0.838. The lowest BCUT2D eigenvalue weighted by atomic mass is 10.2. The maximum atomic E-state index is 10.6. The predicted molar refractivity (Wildman–Crippen MR) is 76.3 cm³/mol. The molecule has 0 spiro atoms. The zero-order valence-corrected chi connectivity index (χ0v) is 13.0. The van der Waals surface area contributed by atoms with E-state index < -0.39 is 5.97 Å². The molecule has 0 unspecified atom stereocenters. The van der Waals surface area contributed by atoms with Crippen molar-refractivity contribution in [2.45, 2.75) is 13.5 Å². The summed E-state index contributed by atoms with van der Waals surface area (Å²) in [5, 5.41) is 20.2. The molecular formula is C12H13BrN4O4. The number of benzene rings is 1. The molecule has 21 heavy (non-hydrogen) atoms. The molecule has 112 valence electrons. The van der Waals surface area contributed by atoms with Gasteiger partial charge in [-0.25, -0.2) is 0 Å². The van der Waals surface area contributed by atoms with Crippen molar-refractivity contribution in [3.63, 3.8) is 0 Å². The van der Waals surface area contributed by atoms with Crippen LogP contribution in [0.4, 0.5) is 0 Å². The Labute approximate surface area is 128 Å². The van der Waals surface area contributed by atoms with Crippen molar-refractivity contribution in [2.75, 3.05) is 13.7 Å². The van der Waals surface area contributed by atoms with E-state index in [4.69, 9.17) is 14.6 Å². The van der Waals surface area contributed by atoms with E-state index in [2.05, 4.69) is 31.3 Å². The van der Waals surface area contributed by atoms with E-state index in [9.17, 15) is 4.79 Å². The van der Waals surface area contributed by atoms with Gasteiger partial charge in [0.15, 0.2) is 18.0 Å². The van der Waals surface area contributed by atoms with Gasteiger partial charge < -0.3 is 14.6 Å². The summed E-state index contributed by atoms with van der Waals surface area (Å²) in [6, 6.07) is 3.47. The highest BCUT2D eigenvalue weighted by Crippen LogP contribution is 2.38. The van der Waals surface area contributed by atoms with E-state index in [1.54, 1.807) is 19.2 Å². The SMILES string of the molecule is CCOc1cc(-c2nnn(CC(=O)O)n2)cc(Br)c1OC. The van der Waals surface area contributed by atoms with Crippen LogP contribution in [0.5, 0.6) is 11.5 Å². The Kier molecular flexibility index (Phi) is 4.73. The number of aliphatic carboxylic acids is 1. The molecule has 0 bridgehead atoms. The monoisotopic (exact) mass is 356 g/mol. The largest absolute Gasteiger partial charge is 0.492 e.